The van der Waals surface area contributed by atoms with Crippen LogP contribution in [0.2, 0.25) is 0 Å². The highest BCUT2D eigenvalue weighted by atomic mass is 32.2. The molecular formula is C13H19F3N2S. The van der Waals surface area contributed by atoms with E-state index in [1.807, 2.05) is 14.1 Å². The van der Waals surface area contributed by atoms with Gasteiger partial charge in [0.15, 0.2) is 0 Å². The second kappa shape index (κ2) is 7.17. The predicted molar refractivity (Wildman–Crippen MR) is 74.3 cm³/mol. The average molecular weight is 292 g/mol. The van der Waals surface area contributed by atoms with Gasteiger partial charge in [-0.15, -0.1) is 0 Å². The van der Waals surface area contributed by atoms with Gasteiger partial charge in [-0.3, -0.25) is 0 Å². The molecule has 0 fully saturated rings. The van der Waals surface area contributed by atoms with Crippen molar-refractivity contribution in [2.45, 2.75) is 12.2 Å². The molecule has 0 saturated carbocycles. The lowest BCUT2D eigenvalue weighted by Crippen LogP contribution is -2.18. The molecule has 0 spiro atoms. The number of hydrogen-bond donors (Lipinski definition) is 1. The summed E-state index contributed by atoms with van der Waals surface area (Å²) in [5, 5.41) is 0. The van der Waals surface area contributed by atoms with Gasteiger partial charge in [0.1, 0.15) is 0 Å². The molecule has 108 valence electrons. The maximum absolute atomic E-state index is 12.4. The first-order valence-corrected chi connectivity index (χ1v) is 7.11. The van der Waals surface area contributed by atoms with Gasteiger partial charge in [-0.25, -0.2) is 0 Å². The number of benzene rings is 1. The molecule has 0 amide bonds. The van der Waals surface area contributed by atoms with Crippen LogP contribution in [-0.2, 0) is 6.18 Å². The molecule has 0 heterocycles. The molecule has 0 aliphatic rings. The van der Waals surface area contributed by atoms with Crippen LogP contribution in [0.3, 0.4) is 0 Å². The number of halogens is 3. The maximum atomic E-state index is 12.4. The summed E-state index contributed by atoms with van der Waals surface area (Å²) >= 11 is 1.71. The molecule has 1 unspecified atom stereocenters. The van der Waals surface area contributed by atoms with Gasteiger partial charge in [-0.1, -0.05) is 12.1 Å². The minimum Gasteiger partial charge on any atom is -0.323 e. The summed E-state index contributed by atoms with van der Waals surface area (Å²) in [6.45, 7) is 0.963. The second-order valence-corrected chi connectivity index (χ2v) is 5.75. The molecule has 0 aliphatic heterocycles. The summed E-state index contributed by atoms with van der Waals surface area (Å²) in [5.74, 6) is 1.67. The highest BCUT2D eigenvalue weighted by Gasteiger charge is 2.30. The summed E-state index contributed by atoms with van der Waals surface area (Å²) in [5.41, 5.74) is 6.06. The summed E-state index contributed by atoms with van der Waals surface area (Å²) in [6.07, 6.45) is -4.29. The first-order valence-electron chi connectivity index (χ1n) is 5.96. The number of nitrogens with two attached hydrogens (primary N) is 1. The quantitative estimate of drug-likeness (QED) is 0.817. The monoisotopic (exact) mass is 292 g/mol. The Labute approximate surface area is 116 Å². The molecule has 0 saturated heterocycles. The van der Waals surface area contributed by atoms with E-state index in [2.05, 4.69) is 4.90 Å². The van der Waals surface area contributed by atoms with Crippen molar-refractivity contribution in [1.82, 2.24) is 4.90 Å². The summed E-state index contributed by atoms with van der Waals surface area (Å²) in [6, 6.07) is 4.86. The van der Waals surface area contributed by atoms with E-state index in [0.717, 1.165) is 30.0 Å². The fourth-order valence-electron chi connectivity index (χ4n) is 1.47. The maximum Gasteiger partial charge on any atom is 0.416 e. The number of alkyl halides is 3. The number of rotatable bonds is 6. The van der Waals surface area contributed by atoms with Crippen LogP contribution in [0, 0.1) is 0 Å². The molecule has 1 aromatic rings. The second-order valence-electron chi connectivity index (χ2n) is 4.60. The summed E-state index contributed by atoms with van der Waals surface area (Å²) in [7, 11) is 3.99. The van der Waals surface area contributed by atoms with Gasteiger partial charge in [0.2, 0.25) is 0 Å². The van der Waals surface area contributed by atoms with E-state index in [1.54, 1.807) is 11.8 Å². The predicted octanol–water partition coefficient (Wildman–Crippen LogP) is 3.00. The van der Waals surface area contributed by atoms with E-state index in [0.29, 0.717) is 5.75 Å². The van der Waals surface area contributed by atoms with E-state index in [1.165, 1.54) is 12.1 Å². The van der Waals surface area contributed by atoms with Crippen molar-refractivity contribution in [3.8, 4) is 0 Å². The van der Waals surface area contributed by atoms with E-state index < -0.39 is 11.7 Å². The third kappa shape index (κ3) is 5.84. The Morgan fingerprint density at radius 3 is 2.26 bits per heavy atom. The highest BCUT2D eigenvalue weighted by molar-refractivity contribution is 7.99. The SMILES string of the molecule is CN(C)CCSCC(N)c1ccc(C(F)(F)F)cc1. The standard InChI is InChI=1S/C13H19F3N2S/c1-18(2)7-8-19-9-12(17)10-3-5-11(6-4-10)13(14,15)16/h3-6,12H,7-9,17H2,1-2H3. The van der Waals surface area contributed by atoms with E-state index in [-0.39, 0.29) is 6.04 Å². The van der Waals surface area contributed by atoms with Crippen LogP contribution in [0.25, 0.3) is 0 Å². The van der Waals surface area contributed by atoms with Crippen molar-refractivity contribution in [2.24, 2.45) is 5.73 Å². The molecule has 1 aromatic carbocycles. The van der Waals surface area contributed by atoms with Crippen LogP contribution in [0.4, 0.5) is 13.2 Å². The molecule has 1 atom stereocenters. The smallest absolute Gasteiger partial charge is 0.323 e. The van der Waals surface area contributed by atoms with Crippen molar-refractivity contribution in [1.29, 1.82) is 0 Å². The van der Waals surface area contributed by atoms with Gasteiger partial charge in [0.25, 0.3) is 0 Å². The van der Waals surface area contributed by atoms with Gasteiger partial charge in [0, 0.05) is 24.1 Å². The Kier molecular flexibility index (Phi) is 6.16. The van der Waals surface area contributed by atoms with Crippen LogP contribution in [0.5, 0.6) is 0 Å². The van der Waals surface area contributed by atoms with Crippen LogP contribution in [-0.4, -0.2) is 37.0 Å². The third-order valence-corrected chi connectivity index (χ3v) is 3.71. The van der Waals surface area contributed by atoms with Crippen LogP contribution in [0.15, 0.2) is 24.3 Å². The first kappa shape index (κ1) is 16.3. The van der Waals surface area contributed by atoms with E-state index >= 15 is 0 Å². The number of thioether (sulfide) groups is 1. The van der Waals surface area contributed by atoms with Crippen LogP contribution in [0.1, 0.15) is 17.2 Å². The Morgan fingerprint density at radius 1 is 1.21 bits per heavy atom. The van der Waals surface area contributed by atoms with Crippen molar-refractivity contribution >= 4 is 11.8 Å². The largest absolute Gasteiger partial charge is 0.416 e. The molecular weight excluding hydrogens is 273 g/mol. The lowest BCUT2D eigenvalue weighted by Gasteiger charge is -2.14. The zero-order chi connectivity index (χ0) is 14.5. The molecule has 0 radical (unpaired) electrons. The fourth-order valence-corrected chi connectivity index (χ4v) is 2.58. The third-order valence-electron chi connectivity index (χ3n) is 2.65. The Bertz CT molecular complexity index is 376. The Hall–Kier alpha value is -0.720. The van der Waals surface area contributed by atoms with Gasteiger partial charge >= 0.3 is 6.18 Å². The van der Waals surface area contributed by atoms with Crippen molar-refractivity contribution in [3.63, 3.8) is 0 Å². The summed E-state index contributed by atoms with van der Waals surface area (Å²) < 4.78 is 37.2. The van der Waals surface area contributed by atoms with Crippen LogP contribution >= 0.6 is 11.8 Å². The molecule has 2 N–H and O–H groups in total. The van der Waals surface area contributed by atoms with Gasteiger partial charge < -0.3 is 10.6 Å². The minimum atomic E-state index is -4.29. The molecule has 0 aromatic heterocycles. The van der Waals surface area contributed by atoms with Gasteiger partial charge in [-0.2, -0.15) is 24.9 Å². The molecule has 1 rings (SSSR count). The lowest BCUT2D eigenvalue weighted by atomic mass is 10.1. The minimum absolute atomic E-state index is 0.227. The number of nitrogens with zero attached hydrogens (tertiary/aromatic N) is 1. The fraction of sp³-hybridized carbons (Fsp3) is 0.538. The van der Waals surface area contributed by atoms with Crippen molar-refractivity contribution in [3.05, 3.63) is 35.4 Å². The molecule has 0 bridgehead atoms. The summed E-state index contributed by atoms with van der Waals surface area (Å²) in [4.78, 5) is 2.08. The topological polar surface area (TPSA) is 29.3 Å². The zero-order valence-electron chi connectivity index (χ0n) is 11.1. The molecule has 0 aliphatic carbocycles. The van der Waals surface area contributed by atoms with Gasteiger partial charge in [-0.05, 0) is 31.8 Å². The van der Waals surface area contributed by atoms with Gasteiger partial charge in [0.05, 0.1) is 5.56 Å². The van der Waals surface area contributed by atoms with E-state index in [9.17, 15) is 13.2 Å². The Morgan fingerprint density at radius 2 is 1.79 bits per heavy atom. The molecule has 6 heteroatoms. The first-order chi connectivity index (χ1) is 8.80. The zero-order valence-corrected chi connectivity index (χ0v) is 11.9. The normalized spacial score (nSPS) is 13.8. The van der Waals surface area contributed by atoms with E-state index in [4.69, 9.17) is 5.73 Å². The van der Waals surface area contributed by atoms with Crippen molar-refractivity contribution < 1.29 is 13.2 Å². The molecule has 19 heavy (non-hydrogen) atoms. The highest BCUT2D eigenvalue weighted by Crippen LogP contribution is 2.30. The molecule has 2 nitrogen and oxygen atoms in total. The lowest BCUT2D eigenvalue weighted by molar-refractivity contribution is -0.137. The average Bonchev–Trinajstić information content (AvgIpc) is 2.33. The van der Waals surface area contributed by atoms with Crippen LogP contribution < -0.4 is 5.73 Å². The van der Waals surface area contributed by atoms with Crippen molar-refractivity contribution in [2.75, 3.05) is 32.1 Å². The number of hydrogen-bond acceptors (Lipinski definition) is 3. The Balaban J connectivity index is 2.47.